The van der Waals surface area contributed by atoms with E-state index >= 15 is 0 Å². The molecule has 30 aliphatic rings. The molecule has 0 radical (unpaired) electrons. The van der Waals surface area contributed by atoms with Gasteiger partial charge in [0.05, 0.1) is 48.8 Å². The molecule has 0 amide bonds. The Morgan fingerprint density at radius 3 is 0.328 bits per heavy atom. The maximum Gasteiger partial charge on any atom is 0.187 e. The Kier molecular flexibility index (Phi) is 53.3. The summed E-state index contributed by atoms with van der Waals surface area (Å²) in [6, 6.07) is 0. The van der Waals surface area contributed by atoms with Crippen molar-refractivity contribution in [1.82, 2.24) is 0 Å². The van der Waals surface area contributed by atoms with Crippen LogP contribution in [0.2, 0.25) is 0 Å². The average molecular weight is 2000 g/mol. The molecule has 0 aromatic rings. The average Bonchev–Trinajstić information content (AvgIpc) is 0.772. The van der Waals surface area contributed by atoms with E-state index in [2.05, 4.69) is 0 Å². The van der Waals surface area contributed by atoms with Gasteiger partial charge in [0, 0.05) is 98.9 Å². The minimum atomic E-state index is -2.09. The monoisotopic (exact) mass is 2000 g/mol. The second kappa shape index (κ2) is 60.5. The fourth-order valence-corrected chi connectivity index (χ4v) is 24.5. The van der Waals surface area contributed by atoms with E-state index in [9.17, 15) is 123 Å². The molecule has 24 unspecified atom stereocenters. The quantitative estimate of drug-likeness (QED) is 0.0253. The molecular formula is C80H144O40S8. The fraction of sp³-hybridized carbons (Fsp3) is 1.00. The number of unbranched alkanes of at least 4 members (excludes halogenated alkanes) is 8. The predicted molar refractivity (Wildman–Crippen MR) is 474 cm³/mol. The fourth-order valence-electron chi connectivity index (χ4n) is 15.9. The molecular weight excluding hydrogens is 1860 g/mol. The molecule has 40 atom stereocenters. The highest BCUT2D eigenvalue weighted by molar-refractivity contribution is 8.00. The molecule has 752 valence electrons. The van der Waals surface area contributed by atoms with Gasteiger partial charge < -0.3 is 198 Å². The summed E-state index contributed by atoms with van der Waals surface area (Å²) in [7, 11) is 0. The highest BCUT2D eigenvalue weighted by atomic mass is 32.2. The van der Waals surface area contributed by atoms with Crippen LogP contribution in [-0.4, -0.2) is 513 Å². The van der Waals surface area contributed by atoms with Crippen LogP contribution in [0.4, 0.5) is 0 Å². The van der Waals surface area contributed by atoms with Crippen molar-refractivity contribution in [2.24, 2.45) is 0 Å². The number of ether oxygens (including phenoxy) is 16. The SMILES string of the molecule is OCCCCSCC1O[C@@H]2O[C@@H]3C(CSCCCCO)O[C@H](O[C@@H]4C(CSCCCCO)O[C@H](O[C@@H]5C(CSCCCCO)O[C@H](O[C@@H]6C(CSCCCCO)O[C@H](O[C@@H]7C(CSCCCCO)O[C@H](O[C@@H]8C(CSCCCCO)O[C@H](O[C@@H]9C(CSCCCCO)O[C@H](O[C@H]1C(O)C2O)C(O)C9O)C(O)C8O)C(O)C7O)C(O)C6O)C(O)C5O)C(O)C4O)C(O)C3O. The smallest absolute Gasteiger partial charge is 0.187 e. The van der Waals surface area contributed by atoms with Gasteiger partial charge >= 0.3 is 0 Å². The minimum absolute atomic E-state index is 0.0463. The van der Waals surface area contributed by atoms with E-state index in [4.69, 9.17) is 75.8 Å². The minimum Gasteiger partial charge on any atom is -0.396 e. The van der Waals surface area contributed by atoms with E-state index < -0.39 is 246 Å². The van der Waals surface area contributed by atoms with E-state index in [0.29, 0.717) is 149 Å². The molecule has 48 heteroatoms. The third-order valence-corrected chi connectivity index (χ3v) is 32.4. The van der Waals surface area contributed by atoms with Crippen molar-refractivity contribution in [2.45, 2.75) is 348 Å². The lowest BCUT2D eigenvalue weighted by Crippen LogP contribution is -2.69. The van der Waals surface area contributed by atoms with Crippen molar-refractivity contribution in [2.75, 3.05) is 145 Å². The van der Waals surface area contributed by atoms with Gasteiger partial charge in [0.1, 0.15) is 146 Å². The van der Waals surface area contributed by atoms with E-state index in [-0.39, 0.29) is 98.9 Å². The van der Waals surface area contributed by atoms with Crippen LogP contribution in [0.25, 0.3) is 0 Å². The Labute approximate surface area is 780 Å². The van der Waals surface area contributed by atoms with Gasteiger partial charge in [0.25, 0.3) is 0 Å². The standard InChI is InChI=1S/C80H144O40S8/c81-17-1-9-25-121-33-41-65-49(89)57(97)73(105-41)114-66-42(34-122-26-10-2-18-82)107-75(59(99)51(66)91)116-68-44(36-124-28-12-4-20-84)109-77(61(101)53(68)93)118-70-46(38-126-30-14-6-22-86)111-79(63(103)55(70)95)120-72-48(40-128-32-16-8-24-88)112-80(64(104)56(72)96)119-71-47(39-127-31-15-7-23-87)110-78(62(102)54(71)94)117-69-45(37-125-29-13-5-21-85)108-76(60(100)52(69)92)115-67-43(35-123-27-11-3-19-83)106-74(113-65)58(98)50(67)90/h41-104H,1-40H2/t41?,42?,43?,44?,45?,46?,47?,48?,49?,50?,51?,52?,53?,54?,55?,56?,57?,58?,59?,60?,61?,62?,63?,64?,65-,66-,67-,68-,69-,70-,71-,72-,73-,74-,75-,76-,77-,78-,79-,80-/m1/s1. The van der Waals surface area contributed by atoms with Crippen LogP contribution in [0.15, 0.2) is 0 Å². The Morgan fingerprint density at radius 2 is 0.234 bits per heavy atom. The number of hydrogen-bond acceptors (Lipinski definition) is 48. The normalized spacial score (nSPS) is 41.8. The molecule has 16 bridgehead atoms. The third-order valence-electron chi connectivity index (χ3n) is 23.3. The molecule has 30 fully saturated rings. The maximum absolute atomic E-state index is 12.5. The largest absolute Gasteiger partial charge is 0.396 e. The van der Waals surface area contributed by atoms with Gasteiger partial charge in [0.15, 0.2) is 50.3 Å². The van der Waals surface area contributed by atoms with Gasteiger partial charge in [-0.05, 0) is 149 Å². The summed E-state index contributed by atoms with van der Waals surface area (Å²) in [5, 5.41) is 276. The van der Waals surface area contributed by atoms with Crippen molar-refractivity contribution >= 4 is 94.1 Å². The molecule has 30 rings (SSSR count). The Balaban J connectivity index is 1.11. The number of aliphatic hydroxyl groups is 24. The van der Waals surface area contributed by atoms with Crippen LogP contribution in [0.1, 0.15) is 103 Å². The lowest BCUT2D eigenvalue weighted by molar-refractivity contribution is -0.396. The molecule has 128 heavy (non-hydrogen) atoms. The van der Waals surface area contributed by atoms with Crippen LogP contribution in [0, 0.1) is 0 Å². The van der Waals surface area contributed by atoms with Gasteiger partial charge in [-0.15, -0.1) is 0 Å². The zero-order valence-electron chi connectivity index (χ0n) is 71.9. The molecule has 0 aliphatic carbocycles. The van der Waals surface area contributed by atoms with Crippen LogP contribution in [0.3, 0.4) is 0 Å². The lowest BCUT2D eigenvalue weighted by Gasteiger charge is -2.51. The summed E-state index contributed by atoms with van der Waals surface area (Å²) >= 11 is 10.3. The van der Waals surface area contributed by atoms with Crippen molar-refractivity contribution in [3.05, 3.63) is 0 Å². The summed E-state index contributed by atoms with van der Waals surface area (Å²) in [6.07, 6.45) is -64.3. The van der Waals surface area contributed by atoms with Crippen molar-refractivity contribution < 1.29 is 198 Å². The number of thioether (sulfide) groups is 8. The summed E-state index contributed by atoms with van der Waals surface area (Å²) in [5.41, 5.74) is 0. The van der Waals surface area contributed by atoms with Crippen LogP contribution >= 0.6 is 94.1 Å². The molecule has 24 N–H and O–H groups in total. The van der Waals surface area contributed by atoms with E-state index in [1.807, 2.05) is 0 Å². The molecule has 0 saturated carbocycles. The zero-order valence-corrected chi connectivity index (χ0v) is 78.4. The van der Waals surface area contributed by atoms with Crippen molar-refractivity contribution in [1.29, 1.82) is 0 Å². The number of aliphatic hydroxyl groups excluding tert-OH is 24. The first-order valence-electron chi connectivity index (χ1n) is 44.8. The van der Waals surface area contributed by atoms with Gasteiger partial charge in [0.2, 0.25) is 0 Å². The van der Waals surface area contributed by atoms with Crippen molar-refractivity contribution in [3.63, 3.8) is 0 Å². The molecule has 0 aromatic heterocycles. The first-order chi connectivity index (χ1) is 61.9. The number of rotatable bonds is 48. The van der Waals surface area contributed by atoms with Crippen LogP contribution < -0.4 is 0 Å². The topological polar surface area (TPSA) is 633 Å². The first kappa shape index (κ1) is 113. The maximum atomic E-state index is 12.5. The van der Waals surface area contributed by atoms with Gasteiger partial charge in [-0.1, -0.05) is 0 Å². The lowest BCUT2D eigenvalue weighted by atomic mass is 9.95. The van der Waals surface area contributed by atoms with E-state index in [1.54, 1.807) is 0 Å². The second-order valence-corrected chi connectivity index (χ2v) is 42.2. The van der Waals surface area contributed by atoms with Crippen molar-refractivity contribution in [3.8, 4) is 0 Å². The van der Waals surface area contributed by atoms with Gasteiger partial charge in [-0.3, -0.25) is 0 Å². The Bertz CT molecular complexity index is 2370. The Morgan fingerprint density at radius 1 is 0.133 bits per heavy atom. The van der Waals surface area contributed by atoms with Gasteiger partial charge in [-0.2, -0.15) is 94.1 Å². The van der Waals surface area contributed by atoms with E-state index in [1.165, 1.54) is 94.1 Å². The number of hydrogen-bond donors (Lipinski definition) is 24. The molecule has 30 aliphatic heterocycles. The van der Waals surface area contributed by atoms with Crippen LogP contribution in [-0.2, 0) is 75.8 Å². The van der Waals surface area contributed by atoms with Crippen LogP contribution in [0.5, 0.6) is 0 Å². The predicted octanol–water partition coefficient (Wildman–Crippen LogP) is -5.30. The second-order valence-electron chi connectivity index (χ2n) is 33.0. The highest BCUT2D eigenvalue weighted by Gasteiger charge is 2.61. The first-order valence-corrected chi connectivity index (χ1v) is 54.0. The summed E-state index contributed by atoms with van der Waals surface area (Å²) < 4.78 is 104. The molecule has 0 spiro atoms. The highest BCUT2D eigenvalue weighted by Crippen LogP contribution is 2.43. The zero-order chi connectivity index (χ0) is 92.3. The summed E-state index contributed by atoms with van der Waals surface area (Å²) in [4.78, 5) is 0. The Hall–Kier alpha value is 1.20. The molecule has 0 aromatic carbocycles. The summed E-state index contributed by atoms with van der Waals surface area (Å²) in [6.45, 7) is -0.988. The summed E-state index contributed by atoms with van der Waals surface area (Å²) in [5.74, 6) is 2.96. The molecule has 30 heterocycles. The molecule has 30 saturated heterocycles. The molecule has 40 nitrogen and oxygen atoms in total. The van der Waals surface area contributed by atoms with E-state index in [0.717, 1.165) is 0 Å². The third kappa shape index (κ3) is 32.6. The van der Waals surface area contributed by atoms with Gasteiger partial charge in [-0.25, -0.2) is 0 Å².